The molecular weight excluding hydrogens is 290 g/mol. The predicted molar refractivity (Wildman–Crippen MR) is 90.4 cm³/mol. The van der Waals surface area contributed by atoms with Crippen molar-refractivity contribution in [3.05, 3.63) is 29.8 Å². The number of hydrogen-bond donors (Lipinski definition) is 2. The van der Waals surface area contributed by atoms with E-state index in [4.69, 9.17) is 0 Å². The number of aryl methyl sites for hydroxylation is 1. The summed E-state index contributed by atoms with van der Waals surface area (Å²) < 4.78 is 0. The number of nitrogens with one attached hydrogen (secondary N) is 2. The molecule has 2 amide bonds. The third-order valence-electron chi connectivity index (χ3n) is 4.45. The van der Waals surface area contributed by atoms with Gasteiger partial charge in [-0.2, -0.15) is 0 Å². The standard InChI is InChI=1S/C18H25N3O2/c22-17(18(23)20-15-7-8-15)19-11-3-4-14-5-9-16(10-6-14)21-12-1-2-13-21/h5-6,9-10,15H,1-4,7-8,11-13H2,(H,19,22)(H,20,23). The Morgan fingerprint density at radius 3 is 2.39 bits per heavy atom. The zero-order valence-corrected chi connectivity index (χ0v) is 13.5. The zero-order valence-electron chi connectivity index (χ0n) is 13.5. The topological polar surface area (TPSA) is 61.4 Å². The molecule has 1 saturated heterocycles. The fraction of sp³-hybridized carbons (Fsp3) is 0.556. The molecule has 2 fully saturated rings. The highest BCUT2D eigenvalue weighted by atomic mass is 16.2. The summed E-state index contributed by atoms with van der Waals surface area (Å²) in [4.78, 5) is 25.5. The van der Waals surface area contributed by atoms with E-state index in [0.717, 1.165) is 38.8 Å². The largest absolute Gasteiger partial charge is 0.372 e. The quantitative estimate of drug-likeness (QED) is 0.619. The van der Waals surface area contributed by atoms with Crippen molar-refractivity contribution in [3.63, 3.8) is 0 Å². The number of hydrogen-bond acceptors (Lipinski definition) is 3. The molecule has 0 spiro atoms. The summed E-state index contributed by atoms with van der Waals surface area (Å²) in [6.07, 6.45) is 6.31. The first-order chi connectivity index (χ1) is 11.2. The van der Waals surface area contributed by atoms with E-state index in [1.165, 1.54) is 24.1 Å². The number of benzene rings is 1. The number of anilines is 1. The van der Waals surface area contributed by atoms with E-state index in [1.807, 2.05) is 0 Å². The molecule has 5 nitrogen and oxygen atoms in total. The van der Waals surface area contributed by atoms with Gasteiger partial charge in [0.1, 0.15) is 0 Å². The Morgan fingerprint density at radius 2 is 1.74 bits per heavy atom. The lowest BCUT2D eigenvalue weighted by atomic mass is 10.1. The summed E-state index contributed by atoms with van der Waals surface area (Å²) >= 11 is 0. The molecule has 3 rings (SSSR count). The van der Waals surface area contributed by atoms with Crippen LogP contribution in [0.5, 0.6) is 0 Å². The number of carbonyl (C=O) groups is 2. The minimum Gasteiger partial charge on any atom is -0.372 e. The van der Waals surface area contributed by atoms with Crippen LogP contribution in [0.4, 0.5) is 5.69 Å². The van der Waals surface area contributed by atoms with E-state index in [2.05, 4.69) is 39.8 Å². The highest BCUT2D eigenvalue weighted by molar-refractivity contribution is 6.35. The third kappa shape index (κ3) is 4.71. The minimum atomic E-state index is -0.513. The van der Waals surface area contributed by atoms with Crippen LogP contribution in [0.25, 0.3) is 0 Å². The molecule has 124 valence electrons. The second kappa shape index (κ2) is 7.49. The summed E-state index contributed by atoms with van der Waals surface area (Å²) in [5.74, 6) is -1.01. The van der Waals surface area contributed by atoms with Crippen LogP contribution in [-0.2, 0) is 16.0 Å². The molecule has 0 bridgehead atoms. The molecule has 1 aliphatic carbocycles. The van der Waals surface area contributed by atoms with E-state index in [1.54, 1.807) is 0 Å². The first kappa shape index (κ1) is 15.8. The number of carbonyl (C=O) groups excluding carboxylic acids is 2. The van der Waals surface area contributed by atoms with Gasteiger partial charge in [-0.1, -0.05) is 12.1 Å². The minimum absolute atomic E-state index is 0.224. The fourth-order valence-corrected chi connectivity index (χ4v) is 2.90. The van der Waals surface area contributed by atoms with Crippen molar-refractivity contribution in [2.24, 2.45) is 0 Å². The molecule has 0 atom stereocenters. The average Bonchev–Trinajstić information content (AvgIpc) is 3.21. The average molecular weight is 315 g/mol. The van der Waals surface area contributed by atoms with Crippen LogP contribution in [0.3, 0.4) is 0 Å². The van der Waals surface area contributed by atoms with Crippen molar-refractivity contribution in [2.45, 2.75) is 44.6 Å². The number of nitrogens with zero attached hydrogens (tertiary/aromatic N) is 1. The van der Waals surface area contributed by atoms with Gasteiger partial charge in [-0.05, 0) is 56.2 Å². The predicted octanol–water partition coefficient (Wildman–Crippen LogP) is 1.61. The van der Waals surface area contributed by atoms with Gasteiger partial charge < -0.3 is 15.5 Å². The van der Waals surface area contributed by atoms with Gasteiger partial charge in [0.2, 0.25) is 0 Å². The highest BCUT2D eigenvalue weighted by Gasteiger charge is 2.26. The van der Waals surface area contributed by atoms with E-state index >= 15 is 0 Å². The molecular formula is C18H25N3O2. The molecule has 1 aromatic carbocycles. The second-order valence-corrected chi connectivity index (χ2v) is 6.47. The van der Waals surface area contributed by atoms with E-state index in [0.29, 0.717) is 6.54 Å². The van der Waals surface area contributed by atoms with Crippen molar-refractivity contribution in [1.82, 2.24) is 10.6 Å². The van der Waals surface area contributed by atoms with Crippen LogP contribution >= 0.6 is 0 Å². The van der Waals surface area contributed by atoms with Gasteiger partial charge in [0, 0.05) is 31.4 Å². The third-order valence-corrected chi connectivity index (χ3v) is 4.45. The molecule has 1 aliphatic heterocycles. The molecule has 1 heterocycles. The smallest absolute Gasteiger partial charge is 0.309 e. The van der Waals surface area contributed by atoms with Gasteiger partial charge in [-0.3, -0.25) is 9.59 Å². The van der Waals surface area contributed by atoms with Crippen molar-refractivity contribution in [3.8, 4) is 0 Å². The molecule has 23 heavy (non-hydrogen) atoms. The summed E-state index contributed by atoms with van der Waals surface area (Å²) in [5.41, 5.74) is 2.57. The van der Waals surface area contributed by atoms with Gasteiger partial charge in [0.25, 0.3) is 0 Å². The zero-order chi connectivity index (χ0) is 16.1. The van der Waals surface area contributed by atoms with Gasteiger partial charge in [-0.15, -0.1) is 0 Å². The van der Waals surface area contributed by atoms with Gasteiger partial charge >= 0.3 is 11.8 Å². The van der Waals surface area contributed by atoms with Crippen molar-refractivity contribution < 1.29 is 9.59 Å². The molecule has 0 radical (unpaired) electrons. The van der Waals surface area contributed by atoms with Gasteiger partial charge in [-0.25, -0.2) is 0 Å². The lowest BCUT2D eigenvalue weighted by Crippen LogP contribution is -2.41. The molecule has 1 saturated carbocycles. The number of amides is 2. The lowest BCUT2D eigenvalue weighted by molar-refractivity contribution is -0.139. The lowest BCUT2D eigenvalue weighted by Gasteiger charge is -2.17. The number of rotatable bonds is 6. The summed E-state index contributed by atoms with van der Waals surface area (Å²) in [7, 11) is 0. The maximum absolute atomic E-state index is 11.6. The van der Waals surface area contributed by atoms with Crippen molar-refractivity contribution in [2.75, 3.05) is 24.5 Å². The highest BCUT2D eigenvalue weighted by Crippen LogP contribution is 2.20. The van der Waals surface area contributed by atoms with E-state index in [-0.39, 0.29) is 6.04 Å². The van der Waals surface area contributed by atoms with E-state index in [9.17, 15) is 9.59 Å². The SMILES string of the molecule is O=C(NCCCc1ccc(N2CCCC2)cc1)C(=O)NC1CC1. The monoisotopic (exact) mass is 315 g/mol. The Balaban J connectivity index is 1.35. The maximum Gasteiger partial charge on any atom is 0.309 e. The van der Waals surface area contributed by atoms with Gasteiger partial charge in [0.05, 0.1) is 0 Å². The Bertz CT molecular complexity index is 546. The van der Waals surface area contributed by atoms with Crippen molar-refractivity contribution in [1.29, 1.82) is 0 Å². The summed E-state index contributed by atoms with van der Waals surface area (Å²) in [5, 5.41) is 5.37. The van der Waals surface area contributed by atoms with Crippen LogP contribution in [-0.4, -0.2) is 37.5 Å². The van der Waals surface area contributed by atoms with Crippen LogP contribution in [0.15, 0.2) is 24.3 Å². The Morgan fingerprint density at radius 1 is 1.04 bits per heavy atom. The molecule has 2 aliphatic rings. The Hall–Kier alpha value is -2.04. The fourth-order valence-electron chi connectivity index (χ4n) is 2.90. The van der Waals surface area contributed by atoms with Crippen LogP contribution in [0.1, 0.15) is 37.7 Å². The second-order valence-electron chi connectivity index (χ2n) is 6.47. The normalized spacial score (nSPS) is 17.1. The Kier molecular flexibility index (Phi) is 5.16. The first-order valence-corrected chi connectivity index (χ1v) is 8.65. The summed E-state index contributed by atoms with van der Waals surface area (Å²) in [6, 6.07) is 8.91. The first-order valence-electron chi connectivity index (χ1n) is 8.65. The molecule has 1 aromatic rings. The van der Waals surface area contributed by atoms with Crippen molar-refractivity contribution >= 4 is 17.5 Å². The molecule has 5 heteroatoms. The van der Waals surface area contributed by atoms with Gasteiger partial charge in [0.15, 0.2) is 0 Å². The van der Waals surface area contributed by atoms with Crippen LogP contribution < -0.4 is 15.5 Å². The molecule has 0 unspecified atom stereocenters. The van der Waals surface area contributed by atoms with Crippen LogP contribution in [0.2, 0.25) is 0 Å². The maximum atomic E-state index is 11.6. The van der Waals surface area contributed by atoms with Crippen LogP contribution in [0, 0.1) is 0 Å². The molecule has 0 aromatic heterocycles. The molecule has 2 N–H and O–H groups in total. The Labute approximate surface area is 137 Å². The van der Waals surface area contributed by atoms with E-state index < -0.39 is 11.8 Å². The summed E-state index contributed by atoms with van der Waals surface area (Å²) in [6.45, 7) is 2.85.